The van der Waals surface area contributed by atoms with Crippen molar-refractivity contribution in [1.29, 1.82) is 0 Å². The van der Waals surface area contributed by atoms with E-state index in [9.17, 15) is 9.90 Å². The highest BCUT2D eigenvalue weighted by Crippen LogP contribution is 2.36. The third kappa shape index (κ3) is 4.36. The van der Waals surface area contributed by atoms with Crippen LogP contribution in [0.25, 0.3) is 0 Å². The van der Waals surface area contributed by atoms with Gasteiger partial charge < -0.3 is 24.1 Å². The van der Waals surface area contributed by atoms with Crippen molar-refractivity contribution in [2.45, 2.75) is 83.8 Å². The molecule has 1 amide bonds. The Balaban J connectivity index is 1.71. The fraction of sp³-hybridized carbons (Fsp3) is 0.789. The van der Waals surface area contributed by atoms with Gasteiger partial charge in [0, 0.05) is 24.4 Å². The van der Waals surface area contributed by atoms with E-state index >= 15 is 0 Å². The molecule has 1 aromatic heterocycles. The molecule has 2 aliphatic heterocycles. The van der Waals surface area contributed by atoms with Crippen LogP contribution < -0.4 is 5.46 Å². The Hall–Kier alpha value is -1.58. The molecular formula is C19H32BN3O5. The molecule has 0 aliphatic carbocycles. The minimum atomic E-state index is -0.629. The van der Waals surface area contributed by atoms with Crippen LogP contribution in [0.5, 0.6) is 0 Å². The molecule has 2 aliphatic rings. The van der Waals surface area contributed by atoms with Crippen molar-refractivity contribution in [2.75, 3.05) is 13.1 Å². The molecular weight excluding hydrogens is 361 g/mol. The van der Waals surface area contributed by atoms with Gasteiger partial charge in [0.1, 0.15) is 5.60 Å². The van der Waals surface area contributed by atoms with Gasteiger partial charge in [-0.05, 0) is 54.9 Å². The van der Waals surface area contributed by atoms with E-state index in [0.717, 1.165) is 5.46 Å². The predicted molar refractivity (Wildman–Crippen MR) is 105 cm³/mol. The molecule has 0 saturated carbocycles. The first-order valence-corrected chi connectivity index (χ1v) is 9.83. The highest BCUT2D eigenvalue weighted by molar-refractivity contribution is 6.62. The second kappa shape index (κ2) is 7.04. The minimum absolute atomic E-state index is 0.146. The van der Waals surface area contributed by atoms with E-state index in [1.54, 1.807) is 15.8 Å². The predicted octanol–water partition coefficient (Wildman–Crippen LogP) is 1.73. The Bertz CT molecular complexity index is 711. The van der Waals surface area contributed by atoms with Crippen LogP contribution in [0.2, 0.25) is 0 Å². The van der Waals surface area contributed by atoms with E-state index in [2.05, 4.69) is 5.10 Å². The number of aliphatic hydroxyl groups is 1. The Labute approximate surface area is 167 Å². The van der Waals surface area contributed by atoms with Crippen LogP contribution >= 0.6 is 0 Å². The summed E-state index contributed by atoms with van der Waals surface area (Å²) in [6, 6.07) is -0.146. The molecule has 3 heterocycles. The first-order valence-electron chi connectivity index (χ1n) is 9.83. The molecule has 9 heteroatoms. The highest BCUT2D eigenvalue weighted by Gasteiger charge is 2.52. The number of hydrogen-bond acceptors (Lipinski definition) is 6. The normalized spacial score (nSPS) is 27.1. The third-order valence-electron chi connectivity index (χ3n) is 5.58. The molecule has 156 valence electrons. The molecule has 2 atom stereocenters. The van der Waals surface area contributed by atoms with E-state index in [4.69, 9.17) is 14.0 Å². The number of amides is 1. The van der Waals surface area contributed by atoms with E-state index in [1.165, 1.54) is 0 Å². The quantitative estimate of drug-likeness (QED) is 0.771. The molecule has 2 fully saturated rings. The van der Waals surface area contributed by atoms with Crippen LogP contribution in [0.15, 0.2) is 12.4 Å². The van der Waals surface area contributed by atoms with Crippen molar-refractivity contribution in [3.05, 3.63) is 12.4 Å². The Morgan fingerprint density at radius 2 is 1.86 bits per heavy atom. The lowest BCUT2D eigenvalue weighted by atomic mass is 9.82. The topological polar surface area (TPSA) is 86.0 Å². The summed E-state index contributed by atoms with van der Waals surface area (Å²) in [6.45, 7) is 14.2. The number of carbonyl (C=O) groups excluding carboxylic acids is 1. The first-order chi connectivity index (χ1) is 12.8. The molecule has 0 radical (unpaired) electrons. The van der Waals surface area contributed by atoms with E-state index < -0.39 is 36.1 Å². The lowest BCUT2D eigenvalue weighted by Crippen LogP contribution is -2.48. The monoisotopic (exact) mass is 393 g/mol. The Morgan fingerprint density at radius 1 is 1.25 bits per heavy atom. The summed E-state index contributed by atoms with van der Waals surface area (Å²) >= 11 is 0. The third-order valence-corrected chi connectivity index (χ3v) is 5.58. The molecule has 2 saturated heterocycles. The van der Waals surface area contributed by atoms with Crippen molar-refractivity contribution < 1.29 is 23.9 Å². The zero-order chi connectivity index (χ0) is 20.9. The summed E-state index contributed by atoms with van der Waals surface area (Å²) in [7, 11) is -0.491. The lowest BCUT2D eigenvalue weighted by molar-refractivity contribution is -0.00685. The zero-order valence-electron chi connectivity index (χ0n) is 17.9. The second-order valence-electron chi connectivity index (χ2n) is 9.77. The van der Waals surface area contributed by atoms with Gasteiger partial charge in [-0.2, -0.15) is 5.10 Å². The van der Waals surface area contributed by atoms with Crippen LogP contribution in [0.1, 0.15) is 60.9 Å². The van der Waals surface area contributed by atoms with Crippen molar-refractivity contribution >= 4 is 18.7 Å². The maximum absolute atomic E-state index is 12.4. The number of piperidine rings is 1. The SMILES string of the molecule is CC(C)(C)OC(=O)N1CC(O)CC(n2cc(B3OC(C)(C)C(C)(C)O3)cn2)C1. The number of aromatic nitrogens is 2. The van der Waals surface area contributed by atoms with Crippen LogP contribution in [0.3, 0.4) is 0 Å². The van der Waals surface area contributed by atoms with Gasteiger partial charge in [-0.25, -0.2) is 4.79 Å². The van der Waals surface area contributed by atoms with E-state index in [-0.39, 0.29) is 12.6 Å². The zero-order valence-corrected chi connectivity index (χ0v) is 17.9. The summed E-state index contributed by atoms with van der Waals surface area (Å²) in [5.74, 6) is 0. The lowest BCUT2D eigenvalue weighted by Gasteiger charge is -2.36. The number of ether oxygens (including phenoxy) is 1. The Kier molecular flexibility index (Phi) is 5.31. The maximum atomic E-state index is 12.4. The molecule has 0 aromatic carbocycles. The molecule has 0 spiro atoms. The van der Waals surface area contributed by atoms with Crippen LogP contribution in [0.4, 0.5) is 4.79 Å². The van der Waals surface area contributed by atoms with Gasteiger partial charge in [0.05, 0.1) is 29.9 Å². The van der Waals surface area contributed by atoms with Gasteiger partial charge in [0.2, 0.25) is 0 Å². The average Bonchev–Trinajstić information content (AvgIpc) is 3.08. The van der Waals surface area contributed by atoms with Crippen LogP contribution in [-0.4, -0.2) is 69.0 Å². The average molecular weight is 393 g/mol. The number of rotatable bonds is 2. The fourth-order valence-corrected chi connectivity index (χ4v) is 3.37. The van der Waals surface area contributed by atoms with Crippen LogP contribution in [-0.2, 0) is 14.0 Å². The summed E-state index contributed by atoms with van der Waals surface area (Å²) in [5.41, 5.74) is -0.602. The molecule has 1 aromatic rings. The number of carbonyl (C=O) groups is 1. The van der Waals surface area contributed by atoms with Crippen molar-refractivity contribution in [3.63, 3.8) is 0 Å². The summed E-state index contributed by atoms with van der Waals surface area (Å²) in [4.78, 5) is 14.0. The first kappa shape index (κ1) is 21.1. The largest absolute Gasteiger partial charge is 0.498 e. The number of nitrogens with zero attached hydrogens (tertiary/aromatic N) is 3. The van der Waals surface area contributed by atoms with Gasteiger partial charge >= 0.3 is 13.2 Å². The molecule has 28 heavy (non-hydrogen) atoms. The van der Waals surface area contributed by atoms with Gasteiger partial charge in [-0.15, -0.1) is 0 Å². The molecule has 1 N–H and O–H groups in total. The highest BCUT2D eigenvalue weighted by atomic mass is 16.7. The van der Waals surface area contributed by atoms with Gasteiger partial charge in [0.25, 0.3) is 0 Å². The standard InChI is InChI=1S/C19H32BN3O5/c1-17(2,3)26-16(25)22-11-14(8-15(24)12-22)23-10-13(9-21-23)20-27-18(4,5)19(6,7)28-20/h9-10,14-15,24H,8,11-12H2,1-7H3. The molecule has 0 bridgehead atoms. The van der Waals surface area contributed by atoms with Gasteiger partial charge in [0.15, 0.2) is 0 Å². The number of likely N-dealkylation sites (tertiary alicyclic amines) is 1. The second-order valence-corrected chi connectivity index (χ2v) is 9.77. The van der Waals surface area contributed by atoms with Crippen LogP contribution in [0, 0.1) is 0 Å². The molecule has 2 unspecified atom stereocenters. The van der Waals surface area contributed by atoms with Crippen molar-refractivity contribution in [3.8, 4) is 0 Å². The number of hydrogen-bond donors (Lipinski definition) is 1. The minimum Gasteiger partial charge on any atom is -0.444 e. The smallest absolute Gasteiger partial charge is 0.444 e. The van der Waals surface area contributed by atoms with Crippen molar-refractivity contribution in [1.82, 2.24) is 14.7 Å². The van der Waals surface area contributed by atoms with Gasteiger partial charge in [-0.3, -0.25) is 4.68 Å². The van der Waals surface area contributed by atoms with E-state index in [0.29, 0.717) is 13.0 Å². The summed E-state index contributed by atoms with van der Waals surface area (Å²) in [5, 5.41) is 14.7. The van der Waals surface area contributed by atoms with Crippen molar-refractivity contribution in [2.24, 2.45) is 0 Å². The van der Waals surface area contributed by atoms with Gasteiger partial charge in [-0.1, -0.05) is 0 Å². The maximum Gasteiger partial charge on any atom is 0.498 e. The molecule has 3 rings (SSSR count). The number of β-amino-alcohol motifs (C(OH)–C–C–N with tert-alkyl or cyclic N) is 1. The Morgan fingerprint density at radius 3 is 2.43 bits per heavy atom. The summed E-state index contributed by atoms with van der Waals surface area (Å²) in [6.07, 6.45) is 3.06. The van der Waals surface area contributed by atoms with E-state index in [1.807, 2.05) is 54.7 Å². The molecule has 8 nitrogen and oxygen atoms in total. The number of aliphatic hydroxyl groups excluding tert-OH is 1. The summed E-state index contributed by atoms with van der Waals surface area (Å²) < 4.78 is 19.4. The fourth-order valence-electron chi connectivity index (χ4n) is 3.37.